The average molecular weight is 282 g/mol. The molecule has 1 aliphatic heterocycles. The van der Waals surface area contributed by atoms with E-state index in [1.165, 1.54) is 12.1 Å². The number of carbonyl (C=O) groups is 1. The Morgan fingerprint density at radius 1 is 1.42 bits per heavy atom. The maximum atomic E-state index is 12.5. The monoisotopic (exact) mass is 281 g/mol. The molecule has 0 spiro atoms. The van der Waals surface area contributed by atoms with Gasteiger partial charge in [-0.25, -0.2) is 0 Å². The molecule has 4 heteroatoms. The molecule has 1 aliphatic rings. The number of phenols is 1. The molecular formula is C15H20ClNO2. The summed E-state index contributed by atoms with van der Waals surface area (Å²) < 4.78 is 0. The lowest BCUT2D eigenvalue weighted by molar-refractivity contribution is 0.0769. The van der Waals surface area contributed by atoms with Crippen LogP contribution < -0.4 is 0 Å². The Balaban J connectivity index is 2.20. The second kappa shape index (κ2) is 5.41. The number of hydrogen-bond donors (Lipinski definition) is 1. The summed E-state index contributed by atoms with van der Waals surface area (Å²) in [6.45, 7) is 5.91. The molecule has 1 saturated heterocycles. The molecule has 0 saturated carbocycles. The summed E-state index contributed by atoms with van der Waals surface area (Å²) in [5.41, 5.74) is 0.642. The van der Waals surface area contributed by atoms with E-state index in [1.807, 2.05) is 4.90 Å². The quantitative estimate of drug-likeness (QED) is 0.918. The molecule has 0 bridgehead atoms. The van der Waals surface area contributed by atoms with Gasteiger partial charge < -0.3 is 10.0 Å². The Morgan fingerprint density at radius 2 is 2.11 bits per heavy atom. The third-order valence-electron chi connectivity index (χ3n) is 4.41. The van der Waals surface area contributed by atoms with Gasteiger partial charge in [0.05, 0.1) is 10.6 Å². The second-order valence-electron chi connectivity index (χ2n) is 5.35. The van der Waals surface area contributed by atoms with Crippen molar-refractivity contribution in [1.29, 1.82) is 0 Å². The van der Waals surface area contributed by atoms with E-state index < -0.39 is 0 Å². The van der Waals surface area contributed by atoms with Crippen LogP contribution >= 0.6 is 11.6 Å². The van der Waals surface area contributed by atoms with Crippen LogP contribution in [0.15, 0.2) is 18.2 Å². The molecule has 3 nitrogen and oxygen atoms in total. The fourth-order valence-electron chi connectivity index (χ4n) is 2.78. The first-order valence-corrected chi connectivity index (χ1v) is 7.17. The van der Waals surface area contributed by atoms with Crippen LogP contribution in [0.2, 0.25) is 5.02 Å². The molecule has 2 rings (SSSR count). The second-order valence-corrected chi connectivity index (χ2v) is 5.76. The standard InChI is InChI=1S/C15H20ClNO2/c1-3-15(4-2)7-8-17(10-15)14(19)12-9-11(18)5-6-13(12)16/h5-6,9,18H,3-4,7-8,10H2,1-2H3. The summed E-state index contributed by atoms with van der Waals surface area (Å²) in [5.74, 6) is -0.00568. The number of carbonyl (C=O) groups excluding carboxylic acids is 1. The minimum atomic E-state index is -0.0790. The molecule has 1 aromatic rings. The summed E-state index contributed by atoms with van der Waals surface area (Å²) in [5, 5.41) is 9.89. The van der Waals surface area contributed by atoms with Crippen molar-refractivity contribution in [3.8, 4) is 5.75 Å². The van der Waals surface area contributed by atoms with E-state index in [4.69, 9.17) is 11.6 Å². The van der Waals surface area contributed by atoms with Gasteiger partial charge in [-0.1, -0.05) is 25.4 Å². The van der Waals surface area contributed by atoms with Crippen LogP contribution in [0.5, 0.6) is 5.75 Å². The van der Waals surface area contributed by atoms with E-state index in [1.54, 1.807) is 6.07 Å². The molecule has 0 aliphatic carbocycles. The smallest absolute Gasteiger partial charge is 0.255 e. The fourth-order valence-corrected chi connectivity index (χ4v) is 2.98. The lowest BCUT2D eigenvalue weighted by atomic mass is 9.82. The van der Waals surface area contributed by atoms with Gasteiger partial charge in [-0.2, -0.15) is 0 Å². The van der Waals surface area contributed by atoms with E-state index >= 15 is 0 Å². The van der Waals surface area contributed by atoms with Crippen molar-refractivity contribution < 1.29 is 9.90 Å². The fraction of sp³-hybridized carbons (Fsp3) is 0.533. The number of phenolic OH excluding ortho intramolecular Hbond substituents is 1. The molecule has 104 valence electrons. The van der Waals surface area contributed by atoms with Gasteiger partial charge >= 0.3 is 0 Å². The summed E-state index contributed by atoms with van der Waals surface area (Å²) in [6.07, 6.45) is 3.21. The van der Waals surface area contributed by atoms with E-state index in [-0.39, 0.29) is 17.1 Å². The third kappa shape index (κ3) is 2.71. The number of rotatable bonds is 3. The molecule has 0 atom stereocenters. The number of hydrogen-bond acceptors (Lipinski definition) is 2. The lowest BCUT2D eigenvalue weighted by Gasteiger charge is -2.26. The molecule has 1 fully saturated rings. The molecule has 1 N–H and O–H groups in total. The number of benzene rings is 1. The number of aromatic hydroxyl groups is 1. The molecular weight excluding hydrogens is 262 g/mol. The number of likely N-dealkylation sites (tertiary alicyclic amines) is 1. The summed E-state index contributed by atoms with van der Waals surface area (Å²) in [6, 6.07) is 4.50. The molecule has 0 radical (unpaired) electrons. The third-order valence-corrected chi connectivity index (χ3v) is 4.74. The van der Waals surface area contributed by atoms with Crippen molar-refractivity contribution in [1.82, 2.24) is 4.90 Å². The van der Waals surface area contributed by atoms with Crippen LogP contribution in [0.3, 0.4) is 0 Å². The largest absolute Gasteiger partial charge is 0.508 e. The Labute approximate surface area is 119 Å². The topological polar surface area (TPSA) is 40.5 Å². The highest BCUT2D eigenvalue weighted by molar-refractivity contribution is 6.33. The molecule has 1 aromatic carbocycles. The predicted molar refractivity (Wildman–Crippen MR) is 76.7 cm³/mol. The minimum absolute atomic E-state index is 0.0733. The Hall–Kier alpha value is -1.22. The van der Waals surface area contributed by atoms with Gasteiger partial charge in [-0.15, -0.1) is 0 Å². The summed E-state index contributed by atoms with van der Waals surface area (Å²) >= 11 is 6.05. The van der Waals surface area contributed by atoms with Gasteiger partial charge in [0.25, 0.3) is 5.91 Å². The molecule has 1 amide bonds. The van der Waals surface area contributed by atoms with E-state index in [0.717, 1.165) is 32.4 Å². The van der Waals surface area contributed by atoms with Crippen LogP contribution in [-0.4, -0.2) is 29.0 Å². The van der Waals surface area contributed by atoms with Crippen LogP contribution in [0.4, 0.5) is 0 Å². The van der Waals surface area contributed by atoms with E-state index in [0.29, 0.717) is 10.6 Å². The van der Waals surface area contributed by atoms with Gasteiger partial charge in [0.2, 0.25) is 0 Å². The maximum Gasteiger partial charge on any atom is 0.255 e. The van der Waals surface area contributed by atoms with Gasteiger partial charge in [0.1, 0.15) is 5.75 Å². The number of halogens is 1. The first kappa shape index (κ1) is 14.2. The lowest BCUT2D eigenvalue weighted by Crippen LogP contribution is -2.31. The van der Waals surface area contributed by atoms with Crippen molar-refractivity contribution in [3.05, 3.63) is 28.8 Å². The van der Waals surface area contributed by atoms with Crippen LogP contribution in [0.1, 0.15) is 43.5 Å². The SMILES string of the molecule is CCC1(CC)CCN(C(=O)c2cc(O)ccc2Cl)C1. The molecule has 19 heavy (non-hydrogen) atoms. The highest BCUT2D eigenvalue weighted by Gasteiger charge is 2.37. The van der Waals surface area contributed by atoms with E-state index in [9.17, 15) is 9.90 Å². The Kier molecular flexibility index (Phi) is 4.04. The zero-order valence-corrected chi connectivity index (χ0v) is 12.2. The van der Waals surface area contributed by atoms with Crippen LogP contribution in [0.25, 0.3) is 0 Å². The Bertz CT molecular complexity index is 483. The van der Waals surface area contributed by atoms with E-state index in [2.05, 4.69) is 13.8 Å². The highest BCUT2D eigenvalue weighted by Crippen LogP contribution is 2.38. The highest BCUT2D eigenvalue weighted by atomic mass is 35.5. The summed E-state index contributed by atoms with van der Waals surface area (Å²) in [4.78, 5) is 14.3. The molecule has 0 unspecified atom stereocenters. The first-order chi connectivity index (χ1) is 9.01. The average Bonchev–Trinajstić information content (AvgIpc) is 2.86. The van der Waals surface area contributed by atoms with Gasteiger partial charge in [-0.3, -0.25) is 4.79 Å². The van der Waals surface area contributed by atoms with Crippen molar-refractivity contribution in [2.24, 2.45) is 5.41 Å². The van der Waals surface area contributed by atoms with Crippen LogP contribution in [-0.2, 0) is 0 Å². The van der Waals surface area contributed by atoms with Crippen molar-refractivity contribution in [3.63, 3.8) is 0 Å². The van der Waals surface area contributed by atoms with Crippen molar-refractivity contribution >= 4 is 17.5 Å². The number of nitrogens with zero attached hydrogens (tertiary/aromatic N) is 1. The van der Waals surface area contributed by atoms with Crippen molar-refractivity contribution in [2.45, 2.75) is 33.1 Å². The molecule has 0 aromatic heterocycles. The maximum absolute atomic E-state index is 12.5. The van der Waals surface area contributed by atoms with Gasteiger partial charge in [0.15, 0.2) is 0 Å². The summed E-state index contributed by atoms with van der Waals surface area (Å²) in [7, 11) is 0. The number of amides is 1. The normalized spacial score (nSPS) is 17.7. The predicted octanol–water partition coefficient (Wildman–Crippen LogP) is 3.70. The van der Waals surface area contributed by atoms with Crippen LogP contribution in [0, 0.1) is 5.41 Å². The zero-order valence-electron chi connectivity index (χ0n) is 11.4. The van der Waals surface area contributed by atoms with Crippen molar-refractivity contribution in [2.75, 3.05) is 13.1 Å². The molecule has 1 heterocycles. The minimum Gasteiger partial charge on any atom is -0.508 e. The first-order valence-electron chi connectivity index (χ1n) is 6.79. The van der Waals surface area contributed by atoms with Gasteiger partial charge in [0, 0.05) is 13.1 Å². The zero-order chi connectivity index (χ0) is 14.0. The Morgan fingerprint density at radius 3 is 2.68 bits per heavy atom. The van der Waals surface area contributed by atoms with Gasteiger partial charge in [-0.05, 0) is 42.9 Å².